The molecule has 0 radical (unpaired) electrons. The van der Waals surface area contributed by atoms with Crippen molar-refractivity contribution in [2.45, 2.75) is 86.2 Å². The van der Waals surface area contributed by atoms with Crippen LogP contribution in [0.5, 0.6) is 5.88 Å². The number of hydrogen-bond donors (Lipinski definition) is 5. The largest absolute Gasteiger partial charge is 0.478 e. The molecular formula is C38H48N7O5+. The number of benzene rings is 2. The molecule has 1 saturated heterocycles. The molecule has 12 nitrogen and oxygen atoms in total. The van der Waals surface area contributed by atoms with Crippen molar-refractivity contribution in [2.75, 3.05) is 12.0 Å². The number of quaternary nitrogens is 1. The zero-order chi connectivity index (χ0) is 36.2. The summed E-state index contributed by atoms with van der Waals surface area (Å²) in [5, 5.41) is 35.1. The first kappa shape index (κ1) is 36.5. The molecule has 264 valence electrons. The third-order valence-electron chi connectivity index (χ3n) is 9.21. The van der Waals surface area contributed by atoms with Gasteiger partial charge in [-0.3, -0.25) is 9.97 Å². The number of carboxylic acids is 1. The highest BCUT2D eigenvalue weighted by Crippen LogP contribution is 2.31. The summed E-state index contributed by atoms with van der Waals surface area (Å²) in [6.45, 7) is 14.9. The van der Waals surface area contributed by atoms with Crippen LogP contribution in [-0.4, -0.2) is 54.1 Å². The van der Waals surface area contributed by atoms with E-state index in [9.17, 15) is 20.3 Å². The number of anilines is 1. The molecule has 1 fully saturated rings. The van der Waals surface area contributed by atoms with Gasteiger partial charge in [0, 0.05) is 29.8 Å². The van der Waals surface area contributed by atoms with Crippen LogP contribution in [-0.2, 0) is 0 Å². The second kappa shape index (κ2) is 15.0. The van der Waals surface area contributed by atoms with Gasteiger partial charge in [-0.05, 0) is 69.2 Å². The van der Waals surface area contributed by atoms with Crippen LogP contribution in [0.25, 0.3) is 17.3 Å². The lowest BCUT2D eigenvalue weighted by Gasteiger charge is -2.23. The summed E-state index contributed by atoms with van der Waals surface area (Å²) in [5.41, 5.74) is 9.57. The molecule has 2 atom stereocenters. The summed E-state index contributed by atoms with van der Waals surface area (Å²) >= 11 is 0. The Labute approximate surface area is 293 Å². The summed E-state index contributed by atoms with van der Waals surface area (Å²) in [5.74, 6) is -1.09. The summed E-state index contributed by atoms with van der Waals surface area (Å²) < 4.78 is 6.31. The number of aryl methyl sites for hydroxylation is 3. The fourth-order valence-corrected chi connectivity index (χ4v) is 5.91. The Hall–Kier alpha value is -4.75. The quantitative estimate of drug-likeness (QED) is 0.0820. The van der Waals surface area contributed by atoms with Crippen LogP contribution in [0.1, 0.15) is 98.0 Å². The number of ether oxygens (including phenoxy) is 1. The van der Waals surface area contributed by atoms with E-state index in [1.54, 1.807) is 6.07 Å². The monoisotopic (exact) mass is 682 g/mol. The van der Waals surface area contributed by atoms with E-state index >= 15 is 0 Å². The van der Waals surface area contributed by atoms with Gasteiger partial charge in [0.15, 0.2) is 0 Å². The molecule has 0 bridgehead atoms. The Morgan fingerprint density at radius 2 is 1.72 bits per heavy atom. The molecule has 3 heterocycles. The molecule has 12 heteroatoms. The SMILES string of the molecule is C/C(=C\c1ncc(C2CCCCC(COc3cc(-c4c(C)cccc4C)nc(N[N+](O)(O)c4cccc(C(=O)O)c4)n3)N2)nc1C)C(C)(C)C. The number of aromatic carboxylic acids is 1. The standard InChI is InChI=1S/C38H47N7O5/c1-23-12-10-13-24(2)35(23)32-20-34(43-37(42-32)44-45(48,49)29-16-11-14-27(19-29)36(46)47)50-22-28-15-8-9-17-30(41-28)33-21-39-31(26(4)40-33)18-25(3)38(5,6)7/h10-14,16,18-21,28,30,41,48-49H,8-9,15,17,22H2,1-7H3,(H-,42,43,44,46,47)/p+1/b25-18+. The van der Waals surface area contributed by atoms with E-state index in [2.05, 4.69) is 54.5 Å². The maximum absolute atomic E-state index is 11.5. The molecule has 5 N–H and O–H groups in total. The maximum Gasteiger partial charge on any atom is 0.335 e. The van der Waals surface area contributed by atoms with Crippen molar-refractivity contribution in [3.05, 3.63) is 94.1 Å². The van der Waals surface area contributed by atoms with Crippen molar-refractivity contribution in [1.29, 1.82) is 0 Å². The molecule has 1 aliphatic rings. The smallest absolute Gasteiger partial charge is 0.335 e. The molecule has 2 aromatic carbocycles. The fraction of sp³-hybridized carbons (Fsp3) is 0.395. The Kier molecular flexibility index (Phi) is 11.0. The summed E-state index contributed by atoms with van der Waals surface area (Å²) in [7, 11) is 0. The number of nitrogens with zero attached hydrogens (tertiary/aromatic N) is 5. The van der Waals surface area contributed by atoms with Gasteiger partial charge in [0.05, 0.1) is 45.5 Å². The van der Waals surface area contributed by atoms with E-state index in [4.69, 9.17) is 14.7 Å². The fourth-order valence-electron chi connectivity index (χ4n) is 5.91. The third kappa shape index (κ3) is 8.88. The molecule has 4 aromatic rings. The number of carbonyl (C=O) groups is 1. The topological polar surface area (TPSA) is 163 Å². The zero-order valence-electron chi connectivity index (χ0n) is 29.9. The van der Waals surface area contributed by atoms with Crippen LogP contribution in [0.4, 0.5) is 11.6 Å². The summed E-state index contributed by atoms with van der Waals surface area (Å²) in [4.78, 5) is 28.5. The number of aromatic nitrogens is 4. The highest BCUT2D eigenvalue weighted by atomic mass is 16.9. The minimum atomic E-state index is -1.88. The average molecular weight is 683 g/mol. The normalized spacial score (nSPS) is 17.3. The van der Waals surface area contributed by atoms with Crippen LogP contribution in [0.15, 0.2) is 60.3 Å². The first-order valence-electron chi connectivity index (χ1n) is 16.9. The average Bonchev–Trinajstić information content (AvgIpc) is 3.30. The Bertz CT molecular complexity index is 1870. The highest BCUT2D eigenvalue weighted by Gasteiger charge is 2.31. The van der Waals surface area contributed by atoms with Crippen molar-refractivity contribution in [3.8, 4) is 17.1 Å². The maximum atomic E-state index is 11.5. The van der Waals surface area contributed by atoms with E-state index in [0.717, 1.165) is 65.5 Å². The number of hydrogen-bond acceptors (Lipinski definition) is 10. The molecule has 50 heavy (non-hydrogen) atoms. The van der Waals surface area contributed by atoms with Crippen molar-refractivity contribution < 1.29 is 25.1 Å². The lowest BCUT2D eigenvalue weighted by molar-refractivity contribution is -0.273. The molecule has 5 rings (SSSR count). The minimum Gasteiger partial charge on any atom is -0.478 e. The molecule has 1 aliphatic heterocycles. The van der Waals surface area contributed by atoms with E-state index in [1.807, 2.05) is 45.2 Å². The van der Waals surface area contributed by atoms with Crippen LogP contribution in [0, 0.1) is 26.2 Å². The van der Waals surface area contributed by atoms with Crippen molar-refractivity contribution >= 4 is 23.7 Å². The number of rotatable bonds is 10. The Balaban J connectivity index is 1.39. The minimum absolute atomic E-state index is 0.00773. The number of allylic oxidation sites excluding steroid dienone is 1. The molecular weight excluding hydrogens is 634 g/mol. The van der Waals surface area contributed by atoms with Crippen LogP contribution in [0.3, 0.4) is 0 Å². The van der Waals surface area contributed by atoms with Crippen molar-refractivity contribution in [1.82, 2.24) is 30.2 Å². The van der Waals surface area contributed by atoms with Gasteiger partial charge in [-0.1, -0.05) is 63.5 Å². The molecule has 0 spiro atoms. The van der Waals surface area contributed by atoms with Gasteiger partial charge in [0.2, 0.25) is 11.6 Å². The number of carboxylic acid groups (broad SMARTS) is 1. The van der Waals surface area contributed by atoms with E-state index in [1.165, 1.54) is 23.8 Å². The Morgan fingerprint density at radius 1 is 1.02 bits per heavy atom. The summed E-state index contributed by atoms with van der Waals surface area (Å²) in [6.07, 6.45) is 7.86. The van der Waals surface area contributed by atoms with E-state index in [0.29, 0.717) is 12.3 Å². The first-order chi connectivity index (χ1) is 23.6. The van der Waals surface area contributed by atoms with Gasteiger partial charge in [-0.15, -0.1) is 15.8 Å². The first-order valence-corrected chi connectivity index (χ1v) is 16.9. The van der Waals surface area contributed by atoms with Crippen LogP contribution < -0.4 is 20.4 Å². The van der Waals surface area contributed by atoms with Gasteiger partial charge >= 0.3 is 5.97 Å². The summed E-state index contributed by atoms with van der Waals surface area (Å²) in [6, 6.07) is 13.0. The third-order valence-corrected chi connectivity index (χ3v) is 9.21. The van der Waals surface area contributed by atoms with Crippen LogP contribution >= 0.6 is 0 Å². The molecule has 0 aliphatic carbocycles. The van der Waals surface area contributed by atoms with E-state index in [-0.39, 0.29) is 40.6 Å². The van der Waals surface area contributed by atoms with Gasteiger partial charge < -0.3 is 15.2 Å². The molecule has 0 amide bonds. The number of nitrogens with one attached hydrogen (secondary N) is 2. The molecule has 0 saturated carbocycles. The van der Waals surface area contributed by atoms with Gasteiger partial charge in [-0.25, -0.2) is 9.78 Å². The molecule has 2 unspecified atom stereocenters. The van der Waals surface area contributed by atoms with Crippen molar-refractivity contribution in [2.24, 2.45) is 5.41 Å². The van der Waals surface area contributed by atoms with Gasteiger partial charge in [0.1, 0.15) is 6.61 Å². The second-order valence-corrected chi connectivity index (χ2v) is 14.1. The van der Waals surface area contributed by atoms with Crippen LogP contribution in [0.2, 0.25) is 0 Å². The highest BCUT2D eigenvalue weighted by molar-refractivity contribution is 5.88. The predicted octanol–water partition coefficient (Wildman–Crippen LogP) is 7.77. The van der Waals surface area contributed by atoms with E-state index < -0.39 is 10.9 Å². The van der Waals surface area contributed by atoms with Gasteiger partial charge in [-0.2, -0.15) is 4.98 Å². The van der Waals surface area contributed by atoms with Gasteiger partial charge in [0.25, 0.3) is 5.95 Å². The van der Waals surface area contributed by atoms with Crippen molar-refractivity contribution in [3.63, 3.8) is 0 Å². The Morgan fingerprint density at radius 3 is 2.40 bits per heavy atom. The predicted molar refractivity (Wildman–Crippen MR) is 193 cm³/mol. The lowest BCUT2D eigenvalue weighted by Crippen LogP contribution is -2.48. The lowest BCUT2D eigenvalue weighted by atomic mass is 9.87. The zero-order valence-corrected chi connectivity index (χ0v) is 29.9. The second-order valence-electron chi connectivity index (χ2n) is 14.1. The molecule has 2 aromatic heterocycles.